The molecular weight excluding hydrogens is 446 g/mol. The van der Waals surface area contributed by atoms with Crippen molar-refractivity contribution in [2.24, 2.45) is 5.92 Å². The summed E-state index contributed by atoms with van der Waals surface area (Å²) in [4.78, 5) is 14.3. The lowest BCUT2D eigenvalue weighted by molar-refractivity contribution is -0.984. The number of carbonyl (C=O) groups excluding carboxylic acids is 1. The van der Waals surface area contributed by atoms with Crippen molar-refractivity contribution >= 4 is 17.3 Å². The molecule has 0 radical (unpaired) electrons. The number of nitrogens with zero attached hydrogens (tertiary/aromatic N) is 1. The lowest BCUT2D eigenvalue weighted by Gasteiger charge is -2.53. The molecule has 1 N–H and O–H groups in total. The number of aliphatic hydroxyl groups is 1. The Balaban J connectivity index is 1.31. The molecule has 0 saturated carbocycles. The van der Waals surface area contributed by atoms with E-state index in [-0.39, 0.29) is 6.23 Å². The molecule has 3 aliphatic heterocycles. The van der Waals surface area contributed by atoms with Gasteiger partial charge in [0.15, 0.2) is 0 Å². The summed E-state index contributed by atoms with van der Waals surface area (Å²) < 4.78 is 12.9. The van der Waals surface area contributed by atoms with E-state index in [4.69, 9.17) is 9.47 Å². The van der Waals surface area contributed by atoms with Gasteiger partial charge in [-0.15, -0.1) is 11.3 Å². The molecule has 4 heterocycles. The number of piperidine rings is 3. The summed E-state index contributed by atoms with van der Waals surface area (Å²) in [6.45, 7) is 3.56. The van der Waals surface area contributed by atoms with E-state index < -0.39 is 11.6 Å². The quantitative estimate of drug-likeness (QED) is 0.269. The van der Waals surface area contributed by atoms with Gasteiger partial charge in [0.2, 0.25) is 11.8 Å². The van der Waals surface area contributed by atoms with Crippen molar-refractivity contribution < 1.29 is 23.9 Å². The van der Waals surface area contributed by atoms with E-state index >= 15 is 0 Å². The maximum atomic E-state index is 13.7. The molecule has 2 aromatic carbocycles. The van der Waals surface area contributed by atoms with Gasteiger partial charge in [-0.1, -0.05) is 54.6 Å². The second-order valence-corrected chi connectivity index (χ2v) is 10.4. The molecule has 3 aromatic rings. The highest BCUT2D eigenvalue weighted by Crippen LogP contribution is 2.41. The van der Waals surface area contributed by atoms with Crippen molar-refractivity contribution in [1.29, 1.82) is 0 Å². The van der Waals surface area contributed by atoms with Crippen molar-refractivity contribution in [1.82, 2.24) is 0 Å². The van der Waals surface area contributed by atoms with Crippen molar-refractivity contribution in [3.8, 4) is 5.75 Å². The molecule has 2 unspecified atom stereocenters. The molecule has 3 aliphatic rings. The van der Waals surface area contributed by atoms with Crippen LogP contribution >= 0.6 is 11.3 Å². The van der Waals surface area contributed by atoms with Crippen LogP contribution in [0.5, 0.6) is 5.75 Å². The summed E-state index contributed by atoms with van der Waals surface area (Å²) in [6, 6.07) is 22.7. The van der Waals surface area contributed by atoms with E-state index in [1.165, 1.54) is 24.2 Å². The van der Waals surface area contributed by atoms with E-state index in [1.807, 2.05) is 60.0 Å². The first-order valence-electron chi connectivity index (χ1n) is 12.2. The van der Waals surface area contributed by atoms with Gasteiger partial charge < -0.3 is 14.6 Å². The van der Waals surface area contributed by atoms with Crippen LogP contribution in [-0.4, -0.2) is 48.0 Å². The number of fused-ring (bicyclic) bond motifs is 3. The van der Waals surface area contributed by atoms with Crippen molar-refractivity contribution in [2.75, 3.05) is 26.2 Å². The Morgan fingerprint density at radius 3 is 2.38 bits per heavy atom. The molecule has 2 bridgehead atoms. The Hall–Kier alpha value is -2.67. The highest BCUT2D eigenvalue weighted by atomic mass is 32.1. The van der Waals surface area contributed by atoms with E-state index in [0.29, 0.717) is 23.0 Å². The van der Waals surface area contributed by atoms with Crippen LogP contribution in [0.2, 0.25) is 0 Å². The van der Waals surface area contributed by atoms with Gasteiger partial charge in [0, 0.05) is 31.2 Å². The molecule has 3 saturated heterocycles. The van der Waals surface area contributed by atoms with Gasteiger partial charge in [0.1, 0.15) is 5.75 Å². The third kappa shape index (κ3) is 4.50. The third-order valence-corrected chi connectivity index (χ3v) is 8.46. The lowest BCUT2D eigenvalue weighted by Crippen LogP contribution is -2.66. The number of benzene rings is 2. The predicted molar refractivity (Wildman–Crippen MR) is 132 cm³/mol. The smallest absolute Gasteiger partial charge is 0.353 e. The second-order valence-electron chi connectivity index (χ2n) is 9.50. The molecule has 0 amide bonds. The number of ether oxygens (including phenoxy) is 2. The zero-order valence-electron chi connectivity index (χ0n) is 19.3. The number of thiophene rings is 1. The number of hydrogen-bond acceptors (Lipinski definition) is 5. The number of hydrogen-bond donors (Lipinski definition) is 1. The van der Waals surface area contributed by atoms with Crippen molar-refractivity contribution in [2.45, 2.75) is 37.5 Å². The average Bonchev–Trinajstić information content (AvgIpc) is 3.44. The molecule has 34 heavy (non-hydrogen) atoms. The Kier molecular flexibility index (Phi) is 6.73. The van der Waals surface area contributed by atoms with E-state index in [1.54, 1.807) is 18.2 Å². The minimum atomic E-state index is -1.80. The molecule has 3 fully saturated rings. The molecule has 178 valence electrons. The molecule has 1 aromatic heterocycles. The SMILES string of the molecule is O=C(OC1CC2CC[N+]1(CCCOc1ccccc1)CC2)C(O)(c1ccccc1)c1cccs1. The number of quaternary nitrogens is 1. The summed E-state index contributed by atoms with van der Waals surface area (Å²) in [5.74, 6) is 0.897. The highest BCUT2D eigenvalue weighted by molar-refractivity contribution is 7.10. The van der Waals surface area contributed by atoms with Gasteiger partial charge in [0.25, 0.3) is 0 Å². The van der Waals surface area contributed by atoms with Gasteiger partial charge in [-0.2, -0.15) is 0 Å². The Labute approximate surface area is 205 Å². The first-order chi connectivity index (χ1) is 16.6. The van der Waals surface area contributed by atoms with Crippen LogP contribution in [0, 0.1) is 5.92 Å². The van der Waals surface area contributed by atoms with Crippen LogP contribution < -0.4 is 4.74 Å². The van der Waals surface area contributed by atoms with Gasteiger partial charge in [0.05, 0.1) is 31.1 Å². The fourth-order valence-electron chi connectivity index (χ4n) is 5.51. The van der Waals surface area contributed by atoms with Gasteiger partial charge in [-0.25, -0.2) is 4.79 Å². The lowest BCUT2D eigenvalue weighted by atomic mass is 9.84. The zero-order chi connectivity index (χ0) is 23.4. The predicted octanol–water partition coefficient (Wildman–Crippen LogP) is 4.95. The minimum absolute atomic E-state index is 0.230. The monoisotopic (exact) mass is 478 g/mol. The average molecular weight is 479 g/mol. The molecule has 6 rings (SSSR count). The first kappa shape index (κ1) is 23.1. The number of rotatable bonds is 9. The summed E-state index contributed by atoms with van der Waals surface area (Å²) in [5, 5.41) is 13.6. The summed E-state index contributed by atoms with van der Waals surface area (Å²) in [5.41, 5.74) is -1.26. The molecule has 0 spiro atoms. The Morgan fingerprint density at radius 2 is 1.71 bits per heavy atom. The van der Waals surface area contributed by atoms with Gasteiger partial charge in [-0.3, -0.25) is 4.48 Å². The van der Waals surface area contributed by atoms with Crippen LogP contribution in [0.4, 0.5) is 0 Å². The third-order valence-electron chi connectivity index (χ3n) is 7.48. The van der Waals surface area contributed by atoms with E-state index in [2.05, 4.69) is 0 Å². The molecule has 5 nitrogen and oxygen atoms in total. The first-order valence-corrected chi connectivity index (χ1v) is 13.0. The van der Waals surface area contributed by atoms with Crippen LogP contribution in [0.3, 0.4) is 0 Å². The molecule has 2 atom stereocenters. The number of carbonyl (C=O) groups is 1. The van der Waals surface area contributed by atoms with E-state index in [9.17, 15) is 9.90 Å². The molecule has 0 aliphatic carbocycles. The second kappa shape index (κ2) is 9.90. The standard InChI is InChI=1S/C28H32NO4S/c30-27(28(31,25-13-7-20-34-25)23-9-3-1-4-10-23)33-26-21-22-14-17-29(26,18-15-22)16-8-19-32-24-11-5-2-6-12-24/h1-7,9-13,20,22,26,31H,8,14-19,21H2/q+1. The fourth-order valence-corrected chi connectivity index (χ4v) is 6.35. The summed E-state index contributed by atoms with van der Waals surface area (Å²) in [7, 11) is 0. The van der Waals surface area contributed by atoms with Gasteiger partial charge >= 0.3 is 5.97 Å². The zero-order valence-corrected chi connectivity index (χ0v) is 20.2. The maximum absolute atomic E-state index is 13.7. The number of para-hydroxylation sites is 1. The van der Waals surface area contributed by atoms with E-state index in [0.717, 1.165) is 42.7 Å². The van der Waals surface area contributed by atoms with Crippen LogP contribution in [0.1, 0.15) is 36.1 Å². The van der Waals surface area contributed by atoms with Crippen LogP contribution in [0.15, 0.2) is 78.2 Å². The summed E-state index contributed by atoms with van der Waals surface area (Å²) >= 11 is 1.37. The number of esters is 1. The fraction of sp³-hybridized carbons (Fsp3) is 0.393. The summed E-state index contributed by atoms with van der Waals surface area (Å²) in [6.07, 6.45) is 3.86. The van der Waals surface area contributed by atoms with Gasteiger partial charge in [-0.05, 0) is 29.5 Å². The maximum Gasteiger partial charge on any atom is 0.353 e. The molecular formula is C28H32NO4S+. The largest absolute Gasteiger partial charge is 0.493 e. The van der Waals surface area contributed by atoms with Crippen LogP contribution in [-0.2, 0) is 15.1 Å². The van der Waals surface area contributed by atoms with Crippen LogP contribution in [0.25, 0.3) is 0 Å². The van der Waals surface area contributed by atoms with Crippen molar-refractivity contribution in [3.63, 3.8) is 0 Å². The topological polar surface area (TPSA) is 55.8 Å². The highest BCUT2D eigenvalue weighted by Gasteiger charge is 2.52. The Bertz CT molecular complexity index is 1060. The minimum Gasteiger partial charge on any atom is -0.493 e. The Morgan fingerprint density at radius 1 is 1.00 bits per heavy atom. The molecule has 6 heteroatoms. The van der Waals surface area contributed by atoms with Crippen molar-refractivity contribution in [3.05, 3.63) is 88.6 Å². The normalized spacial score (nSPS) is 25.4.